The third-order valence-electron chi connectivity index (χ3n) is 5.69. The second kappa shape index (κ2) is 8.41. The van der Waals surface area contributed by atoms with Gasteiger partial charge in [0.2, 0.25) is 0 Å². The van der Waals surface area contributed by atoms with Crippen LogP contribution in [0.25, 0.3) is 33.0 Å². The summed E-state index contributed by atoms with van der Waals surface area (Å²) in [6, 6.07) is 38.7. The van der Waals surface area contributed by atoms with Gasteiger partial charge in [-0.15, -0.1) is 0 Å². The molecule has 0 aliphatic heterocycles. The van der Waals surface area contributed by atoms with Crippen molar-refractivity contribution < 1.29 is 0 Å². The summed E-state index contributed by atoms with van der Waals surface area (Å²) in [4.78, 5) is 0. The van der Waals surface area contributed by atoms with Crippen LogP contribution in [0.2, 0.25) is 0 Å². The minimum atomic E-state index is 1.07. The first kappa shape index (κ1) is 19.6. The molecule has 0 spiro atoms. The van der Waals surface area contributed by atoms with Crippen LogP contribution >= 0.6 is 15.9 Å². The molecule has 0 saturated carbocycles. The number of rotatable bonds is 4. The first-order chi connectivity index (χ1) is 15.2. The lowest BCUT2D eigenvalue weighted by Crippen LogP contribution is -1.89. The molecule has 150 valence electrons. The molecule has 0 amide bonds. The molecular weight excluding hydrogens is 442 g/mol. The van der Waals surface area contributed by atoms with Crippen molar-refractivity contribution in [1.82, 2.24) is 0 Å². The zero-order chi connectivity index (χ0) is 21.2. The quantitative estimate of drug-likeness (QED) is 0.280. The van der Waals surface area contributed by atoms with Crippen LogP contribution in [0.3, 0.4) is 0 Å². The first-order valence-corrected chi connectivity index (χ1v) is 11.2. The topological polar surface area (TPSA) is 12.0 Å². The van der Waals surface area contributed by atoms with E-state index in [2.05, 4.69) is 125 Å². The van der Waals surface area contributed by atoms with Crippen molar-refractivity contribution >= 4 is 38.1 Å². The van der Waals surface area contributed by atoms with Crippen LogP contribution in [-0.4, -0.2) is 0 Å². The Morgan fingerprint density at radius 3 is 1.68 bits per heavy atom. The van der Waals surface area contributed by atoms with Gasteiger partial charge in [-0.3, -0.25) is 0 Å². The maximum Gasteiger partial charge on any atom is 0.0384 e. The molecule has 31 heavy (non-hydrogen) atoms. The second-order valence-corrected chi connectivity index (χ2v) is 8.68. The fraction of sp³-hybridized carbons (Fsp3) is 0.0345. The van der Waals surface area contributed by atoms with Gasteiger partial charge in [-0.1, -0.05) is 88.7 Å². The Bertz CT molecular complexity index is 1340. The molecule has 0 atom stereocenters. The van der Waals surface area contributed by atoms with E-state index in [1.807, 2.05) is 12.1 Å². The van der Waals surface area contributed by atoms with E-state index in [1.54, 1.807) is 0 Å². The Hall–Kier alpha value is -3.36. The van der Waals surface area contributed by atoms with E-state index in [1.165, 1.54) is 38.6 Å². The molecule has 2 heteroatoms. The summed E-state index contributed by atoms with van der Waals surface area (Å²) < 4.78 is 1.08. The van der Waals surface area contributed by atoms with E-state index in [0.29, 0.717) is 0 Å². The van der Waals surface area contributed by atoms with Crippen molar-refractivity contribution in [2.24, 2.45) is 0 Å². The smallest absolute Gasteiger partial charge is 0.0384 e. The Labute approximate surface area is 191 Å². The van der Waals surface area contributed by atoms with Crippen molar-refractivity contribution in [3.8, 4) is 22.3 Å². The van der Waals surface area contributed by atoms with E-state index in [4.69, 9.17) is 0 Å². The van der Waals surface area contributed by atoms with Gasteiger partial charge in [0.25, 0.3) is 0 Å². The van der Waals surface area contributed by atoms with Gasteiger partial charge in [0.05, 0.1) is 0 Å². The molecule has 0 bridgehead atoms. The highest BCUT2D eigenvalue weighted by atomic mass is 79.9. The van der Waals surface area contributed by atoms with E-state index < -0.39 is 0 Å². The van der Waals surface area contributed by atoms with Gasteiger partial charge in [-0.2, -0.15) is 0 Å². The van der Waals surface area contributed by atoms with Crippen LogP contribution in [0, 0.1) is 6.92 Å². The number of benzene rings is 5. The van der Waals surface area contributed by atoms with Crippen molar-refractivity contribution in [1.29, 1.82) is 0 Å². The highest BCUT2D eigenvalue weighted by Gasteiger charge is 2.06. The van der Waals surface area contributed by atoms with E-state index in [-0.39, 0.29) is 0 Å². The Morgan fingerprint density at radius 2 is 1.03 bits per heavy atom. The molecule has 0 fully saturated rings. The Morgan fingerprint density at radius 1 is 0.516 bits per heavy atom. The lowest BCUT2D eigenvalue weighted by atomic mass is 9.94. The van der Waals surface area contributed by atoms with Crippen molar-refractivity contribution in [2.45, 2.75) is 6.92 Å². The number of hydrogen-bond acceptors (Lipinski definition) is 1. The number of fused-ring (bicyclic) bond motifs is 1. The summed E-state index contributed by atoms with van der Waals surface area (Å²) in [5.74, 6) is 0. The molecule has 5 aromatic carbocycles. The van der Waals surface area contributed by atoms with Crippen molar-refractivity contribution in [3.05, 3.63) is 119 Å². The first-order valence-electron chi connectivity index (χ1n) is 10.4. The highest BCUT2D eigenvalue weighted by molar-refractivity contribution is 9.10. The zero-order valence-corrected chi connectivity index (χ0v) is 18.9. The van der Waals surface area contributed by atoms with Crippen LogP contribution < -0.4 is 5.32 Å². The number of hydrogen-bond donors (Lipinski definition) is 1. The van der Waals surface area contributed by atoms with Crippen molar-refractivity contribution in [2.75, 3.05) is 5.32 Å². The number of halogens is 1. The minimum absolute atomic E-state index is 1.07. The Balaban J connectivity index is 1.39. The number of nitrogens with one attached hydrogen (secondary N) is 1. The third-order valence-corrected chi connectivity index (χ3v) is 6.22. The summed E-state index contributed by atoms with van der Waals surface area (Å²) in [6.45, 7) is 2.17. The number of anilines is 2. The number of aryl methyl sites for hydroxylation is 1. The molecule has 0 unspecified atom stereocenters. The van der Waals surface area contributed by atoms with Crippen molar-refractivity contribution in [3.63, 3.8) is 0 Å². The summed E-state index contributed by atoms with van der Waals surface area (Å²) >= 11 is 3.47. The largest absolute Gasteiger partial charge is 0.356 e. The molecular formula is C29H22BrN. The molecule has 0 aliphatic rings. The fourth-order valence-electron chi connectivity index (χ4n) is 3.99. The monoisotopic (exact) mass is 463 g/mol. The highest BCUT2D eigenvalue weighted by Crippen LogP contribution is 2.32. The lowest BCUT2D eigenvalue weighted by Gasteiger charge is -2.11. The van der Waals surface area contributed by atoms with E-state index in [0.717, 1.165) is 15.8 Å². The van der Waals surface area contributed by atoms with Crippen LogP contribution in [-0.2, 0) is 0 Å². The van der Waals surface area contributed by atoms with Gasteiger partial charge < -0.3 is 5.32 Å². The molecule has 5 rings (SSSR count). The van der Waals surface area contributed by atoms with E-state index >= 15 is 0 Å². The maximum atomic E-state index is 3.47. The average Bonchev–Trinajstić information content (AvgIpc) is 2.82. The predicted molar refractivity (Wildman–Crippen MR) is 137 cm³/mol. The standard InChI is InChI=1S/C29H22BrN/c1-20-6-19-28(29-5-3-2-4-27(20)29)23-9-7-21(8-10-23)22-11-15-25(16-12-22)31-26-17-13-24(30)14-18-26/h2-19,31H,1H3. The van der Waals surface area contributed by atoms with Gasteiger partial charge in [0.1, 0.15) is 0 Å². The van der Waals surface area contributed by atoms with E-state index in [9.17, 15) is 0 Å². The van der Waals surface area contributed by atoms with Crippen LogP contribution in [0.4, 0.5) is 11.4 Å². The minimum Gasteiger partial charge on any atom is -0.356 e. The molecule has 0 radical (unpaired) electrons. The molecule has 1 N–H and O–H groups in total. The molecule has 1 nitrogen and oxygen atoms in total. The molecule has 0 aliphatic carbocycles. The summed E-state index contributed by atoms with van der Waals surface area (Å²) in [5.41, 5.74) is 8.42. The fourth-order valence-corrected chi connectivity index (χ4v) is 4.25. The molecule has 5 aromatic rings. The second-order valence-electron chi connectivity index (χ2n) is 7.76. The lowest BCUT2D eigenvalue weighted by molar-refractivity contribution is 1.52. The van der Waals surface area contributed by atoms with Gasteiger partial charge in [0, 0.05) is 15.8 Å². The van der Waals surface area contributed by atoms with Gasteiger partial charge in [0.15, 0.2) is 0 Å². The normalized spacial score (nSPS) is 10.9. The maximum absolute atomic E-state index is 3.47. The van der Waals surface area contributed by atoms with Gasteiger partial charge >= 0.3 is 0 Å². The SMILES string of the molecule is Cc1ccc(-c2ccc(-c3ccc(Nc4ccc(Br)cc4)cc3)cc2)c2ccccc12. The van der Waals surface area contributed by atoms with Crippen LogP contribution in [0.15, 0.2) is 114 Å². The summed E-state index contributed by atoms with van der Waals surface area (Å²) in [6.07, 6.45) is 0. The molecule has 0 aromatic heterocycles. The van der Waals surface area contributed by atoms with Crippen LogP contribution in [0.5, 0.6) is 0 Å². The predicted octanol–water partition coefficient (Wildman–Crippen LogP) is 8.99. The van der Waals surface area contributed by atoms with Gasteiger partial charge in [-0.25, -0.2) is 0 Å². The average molecular weight is 464 g/mol. The summed E-state index contributed by atoms with van der Waals surface area (Å²) in [7, 11) is 0. The Kier molecular flexibility index (Phi) is 5.31. The van der Waals surface area contributed by atoms with Crippen LogP contribution in [0.1, 0.15) is 5.56 Å². The summed E-state index contributed by atoms with van der Waals surface area (Å²) in [5, 5.41) is 6.06. The molecule has 0 heterocycles. The zero-order valence-electron chi connectivity index (χ0n) is 17.3. The molecule has 0 saturated heterocycles. The third kappa shape index (κ3) is 4.12. The van der Waals surface area contributed by atoms with Gasteiger partial charge in [-0.05, 0) is 81.9 Å².